The lowest BCUT2D eigenvalue weighted by molar-refractivity contribution is -0.153. The molecule has 0 aromatic carbocycles. The van der Waals surface area contributed by atoms with E-state index < -0.39 is 0 Å². The lowest BCUT2D eigenvalue weighted by Crippen LogP contribution is -2.36. The van der Waals surface area contributed by atoms with Crippen LogP contribution in [-0.2, 0) is 9.53 Å². The van der Waals surface area contributed by atoms with Gasteiger partial charge in [0, 0.05) is 5.41 Å². The average Bonchev–Trinajstić information content (AvgIpc) is 2.18. The lowest BCUT2D eigenvalue weighted by atomic mass is 9.70. The summed E-state index contributed by atoms with van der Waals surface area (Å²) in [6, 6.07) is 0. The molecule has 1 saturated heterocycles. The van der Waals surface area contributed by atoms with Crippen molar-refractivity contribution in [1.29, 1.82) is 0 Å². The zero-order valence-corrected chi connectivity index (χ0v) is 9.77. The van der Waals surface area contributed by atoms with Crippen molar-refractivity contribution in [1.82, 2.24) is 0 Å². The minimum absolute atomic E-state index is 0.00634. The molecule has 0 amide bonds. The maximum absolute atomic E-state index is 11.6. The van der Waals surface area contributed by atoms with Crippen LogP contribution in [0.15, 0.2) is 0 Å². The molecule has 2 unspecified atom stereocenters. The fraction of sp³-hybridized carbons (Fsp3) is 0.889. The molecule has 1 saturated carbocycles. The third-order valence-corrected chi connectivity index (χ3v) is 6.07. The summed E-state index contributed by atoms with van der Waals surface area (Å²) in [6.45, 7) is 6.30. The maximum atomic E-state index is 11.6. The highest BCUT2D eigenvalue weighted by molar-refractivity contribution is 14.1. The molecule has 2 bridgehead atoms. The van der Waals surface area contributed by atoms with Crippen LogP contribution in [0.4, 0.5) is 0 Å². The molecule has 2 aliphatic rings. The summed E-state index contributed by atoms with van der Waals surface area (Å²) in [5.74, 6) is -0.00634. The minimum atomic E-state index is -0.242. The Kier molecular flexibility index (Phi) is 1.46. The van der Waals surface area contributed by atoms with E-state index in [-0.39, 0.29) is 20.4 Å². The highest BCUT2D eigenvalue weighted by Crippen LogP contribution is 2.67. The number of hydrogen-bond acceptors (Lipinski definition) is 2. The van der Waals surface area contributed by atoms with E-state index in [0.29, 0.717) is 0 Å². The van der Waals surface area contributed by atoms with Gasteiger partial charge in [-0.05, 0) is 42.4 Å². The summed E-state index contributed by atoms with van der Waals surface area (Å²) >= 11 is 2.30. The molecule has 1 aliphatic heterocycles. The van der Waals surface area contributed by atoms with Gasteiger partial charge in [-0.1, -0.05) is 13.8 Å². The van der Waals surface area contributed by atoms with E-state index in [4.69, 9.17) is 4.74 Å². The van der Waals surface area contributed by atoms with Crippen molar-refractivity contribution in [3.05, 3.63) is 0 Å². The first-order valence-electron chi connectivity index (χ1n) is 4.26. The Morgan fingerprint density at radius 3 is 2.08 bits per heavy atom. The number of halogens is 1. The van der Waals surface area contributed by atoms with Crippen molar-refractivity contribution in [3.63, 3.8) is 0 Å². The number of alkyl halides is 1. The molecule has 2 rings (SSSR count). The molecule has 1 aliphatic carbocycles. The van der Waals surface area contributed by atoms with Gasteiger partial charge in [-0.25, -0.2) is 0 Å². The Morgan fingerprint density at radius 2 is 1.92 bits per heavy atom. The highest BCUT2D eigenvalue weighted by atomic mass is 127. The summed E-state index contributed by atoms with van der Waals surface area (Å²) < 4.78 is 5.17. The van der Waals surface area contributed by atoms with Crippen molar-refractivity contribution >= 4 is 28.6 Å². The van der Waals surface area contributed by atoms with E-state index in [1.165, 1.54) is 0 Å². The van der Waals surface area contributed by atoms with Crippen molar-refractivity contribution < 1.29 is 9.53 Å². The summed E-state index contributed by atoms with van der Waals surface area (Å²) in [6.07, 6.45) is 1.98. The number of ether oxygens (including phenoxy) is 1. The molecule has 2 nitrogen and oxygen atoms in total. The molecule has 1 heterocycles. The minimum Gasteiger partial charge on any atom is -0.447 e. The van der Waals surface area contributed by atoms with Crippen LogP contribution in [0.2, 0.25) is 0 Å². The predicted octanol–water partition coefficient (Wildman–Crippen LogP) is 2.50. The average molecular weight is 280 g/mol. The highest BCUT2D eigenvalue weighted by Gasteiger charge is 2.71. The first-order chi connectivity index (χ1) is 5.33. The van der Waals surface area contributed by atoms with Crippen molar-refractivity contribution in [2.45, 2.75) is 37.2 Å². The second-order valence-electron chi connectivity index (χ2n) is 4.58. The van der Waals surface area contributed by atoms with E-state index in [1.807, 2.05) is 6.92 Å². The van der Waals surface area contributed by atoms with Gasteiger partial charge in [-0.3, -0.25) is 4.79 Å². The Balaban J connectivity index is 2.56. The smallest absolute Gasteiger partial charge is 0.313 e. The van der Waals surface area contributed by atoms with Crippen LogP contribution < -0.4 is 0 Å². The molecule has 2 atom stereocenters. The largest absolute Gasteiger partial charge is 0.447 e. The van der Waals surface area contributed by atoms with Gasteiger partial charge in [0.05, 0.1) is 5.41 Å². The molecule has 0 spiro atoms. The van der Waals surface area contributed by atoms with Crippen LogP contribution in [0.5, 0.6) is 0 Å². The fourth-order valence-corrected chi connectivity index (χ4v) is 3.31. The van der Waals surface area contributed by atoms with Crippen molar-refractivity contribution in [3.8, 4) is 0 Å². The second-order valence-corrected chi connectivity index (χ2v) is 6.32. The molecule has 12 heavy (non-hydrogen) atoms. The molecular formula is C9H13IO2. The van der Waals surface area contributed by atoms with Crippen LogP contribution in [0, 0.1) is 10.8 Å². The van der Waals surface area contributed by atoms with Gasteiger partial charge in [0.25, 0.3) is 0 Å². The Hall–Kier alpha value is 0.200. The number of carbonyl (C=O) groups is 1. The van der Waals surface area contributed by atoms with Crippen LogP contribution in [0.3, 0.4) is 0 Å². The standard InChI is InChI=1S/C9H13IO2/c1-7(2)8(3)4-5-9(7,10)12-6(8)11/h4-5H2,1-3H3. The number of fused-ring (bicyclic) bond motifs is 2. The fourth-order valence-electron chi connectivity index (χ4n) is 2.24. The van der Waals surface area contributed by atoms with Gasteiger partial charge in [-0.2, -0.15) is 0 Å². The van der Waals surface area contributed by atoms with Gasteiger partial charge in [0.2, 0.25) is 0 Å². The third kappa shape index (κ3) is 0.659. The number of hydrogen-bond donors (Lipinski definition) is 0. The number of rotatable bonds is 0. The van der Waals surface area contributed by atoms with Gasteiger partial charge in [-0.15, -0.1) is 0 Å². The normalized spacial score (nSPS) is 49.5. The van der Waals surface area contributed by atoms with E-state index in [9.17, 15) is 4.79 Å². The zero-order valence-electron chi connectivity index (χ0n) is 7.61. The molecule has 2 fully saturated rings. The van der Waals surface area contributed by atoms with Crippen LogP contribution in [-0.4, -0.2) is 9.58 Å². The van der Waals surface area contributed by atoms with Gasteiger partial charge in [0.15, 0.2) is 3.61 Å². The number of esters is 1. The first kappa shape index (κ1) is 8.78. The van der Waals surface area contributed by atoms with E-state index >= 15 is 0 Å². The monoisotopic (exact) mass is 280 g/mol. The summed E-state index contributed by atoms with van der Waals surface area (Å²) in [4.78, 5) is 11.6. The van der Waals surface area contributed by atoms with E-state index in [1.54, 1.807) is 0 Å². The molecule has 3 heteroatoms. The van der Waals surface area contributed by atoms with E-state index in [0.717, 1.165) is 12.8 Å². The molecule has 0 radical (unpaired) electrons. The third-order valence-electron chi connectivity index (χ3n) is 3.96. The molecule has 0 aromatic rings. The molecule has 0 aromatic heterocycles. The van der Waals surface area contributed by atoms with E-state index in [2.05, 4.69) is 36.4 Å². The maximum Gasteiger partial charge on any atom is 0.313 e. The first-order valence-corrected chi connectivity index (χ1v) is 5.34. The van der Waals surface area contributed by atoms with Crippen LogP contribution >= 0.6 is 22.6 Å². The second kappa shape index (κ2) is 1.99. The quantitative estimate of drug-likeness (QED) is 0.387. The van der Waals surface area contributed by atoms with Crippen molar-refractivity contribution in [2.24, 2.45) is 10.8 Å². The van der Waals surface area contributed by atoms with Crippen LogP contribution in [0.25, 0.3) is 0 Å². The van der Waals surface area contributed by atoms with Crippen LogP contribution in [0.1, 0.15) is 33.6 Å². The summed E-state index contributed by atoms with van der Waals surface area (Å²) in [5, 5.41) is 0. The summed E-state index contributed by atoms with van der Waals surface area (Å²) in [5.41, 5.74) is -0.258. The van der Waals surface area contributed by atoms with Crippen molar-refractivity contribution in [2.75, 3.05) is 0 Å². The van der Waals surface area contributed by atoms with Gasteiger partial charge >= 0.3 is 5.97 Å². The van der Waals surface area contributed by atoms with Gasteiger partial charge < -0.3 is 4.74 Å². The predicted molar refractivity (Wildman–Crippen MR) is 54.0 cm³/mol. The Labute approximate surface area is 86.2 Å². The zero-order chi connectivity index (χ0) is 9.20. The molecule has 68 valence electrons. The number of carbonyl (C=O) groups excluding carboxylic acids is 1. The Morgan fingerprint density at radius 1 is 1.33 bits per heavy atom. The lowest BCUT2D eigenvalue weighted by Gasteiger charge is -2.31. The molecule has 0 N–H and O–H groups in total. The molecular weight excluding hydrogens is 267 g/mol. The Bertz CT molecular complexity index is 261. The SMILES string of the molecule is CC12CCC(I)(OC1=O)C2(C)C. The summed E-state index contributed by atoms with van der Waals surface area (Å²) in [7, 11) is 0. The topological polar surface area (TPSA) is 26.3 Å². The van der Waals surface area contributed by atoms with Gasteiger partial charge in [0.1, 0.15) is 0 Å².